The molecular weight excluding hydrogens is 332 g/mol. The van der Waals surface area contributed by atoms with Crippen LogP contribution in [0.2, 0.25) is 0 Å². The van der Waals surface area contributed by atoms with Crippen LogP contribution >= 0.6 is 0 Å². The van der Waals surface area contributed by atoms with Crippen LogP contribution in [0.4, 0.5) is 0 Å². The predicted molar refractivity (Wildman–Crippen MR) is 110 cm³/mol. The van der Waals surface area contributed by atoms with Crippen molar-refractivity contribution in [1.82, 2.24) is 10.6 Å². The van der Waals surface area contributed by atoms with Crippen molar-refractivity contribution in [1.29, 1.82) is 0 Å². The van der Waals surface area contributed by atoms with Crippen LogP contribution in [0.3, 0.4) is 0 Å². The van der Waals surface area contributed by atoms with Crippen LogP contribution < -0.4 is 10.6 Å². The van der Waals surface area contributed by atoms with Gasteiger partial charge in [0.25, 0.3) is 0 Å². The summed E-state index contributed by atoms with van der Waals surface area (Å²) in [6.07, 6.45) is 0.833. The molecule has 3 heteroatoms. The number of nitrogens with one attached hydrogen (secondary N) is 2. The second-order valence-electron chi connectivity index (χ2n) is 6.67. The van der Waals surface area contributed by atoms with Crippen LogP contribution in [-0.2, 0) is 11.2 Å². The molecule has 2 N–H and O–H groups in total. The Bertz CT molecular complexity index is 779. The Kier molecular flexibility index (Phi) is 6.78. The molecule has 3 rings (SSSR count). The normalized spacial score (nSPS) is 11.9. The van der Waals surface area contributed by atoms with Gasteiger partial charge in [0.2, 0.25) is 5.91 Å². The molecule has 0 radical (unpaired) electrons. The smallest absolute Gasteiger partial charge is 0.236 e. The van der Waals surface area contributed by atoms with Crippen molar-refractivity contribution in [2.75, 3.05) is 6.54 Å². The average molecular weight is 358 g/mol. The molecule has 0 saturated carbocycles. The van der Waals surface area contributed by atoms with Gasteiger partial charge in [0.1, 0.15) is 0 Å². The summed E-state index contributed by atoms with van der Waals surface area (Å²) in [4.78, 5) is 12.6. The Morgan fingerprint density at radius 2 is 1.26 bits per heavy atom. The van der Waals surface area contributed by atoms with Crippen molar-refractivity contribution >= 4 is 5.91 Å². The van der Waals surface area contributed by atoms with E-state index < -0.39 is 0 Å². The summed E-state index contributed by atoms with van der Waals surface area (Å²) in [6.45, 7) is 2.55. The minimum atomic E-state index is -0.300. The quantitative estimate of drug-likeness (QED) is 0.636. The van der Waals surface area contributed by atoms with E-state index in [0.717, 1.165) is 17.5 Å². The van der Waals surface area contributed by atoms with E-state index in [9.17, 15) is 4.79 Å². The molecule has 0 bridgehead atoms. The second-order valence-corrected chi connectivity index (χ2v) is 6.67. The summed E-state index contributed by atoms with van der Waals surface area (Å²) in [5, 5.41) is 6.52. The van der Waals surface area contributed by atoms with Crippen LogP contribution in [0.1, 0.15) is 29.7 Å². The fourth-order valence-electron chi connectivity index (χ4n) is 3.13. The van der Waals surface area contributed by atoms with Gasteiger partial charge in [0.05, 0.1) is 12.1 Å². The van der Waals surface area contributed by atoms with Crippen LogP contribution in [-0.4, -0.2) is 18.5 Å². The van der Waals surface area contributed by atoms with E-state index in [2.05, 4.69) is 47.0 Å². The van der Waals surface area contributed by atoms with E-state index in [1.165, 1.54) is 5.56 Å². The van der Waals surface area contributed by atoms with Gasteiger partial charge < -0.3 is 5.32 Å². The number of carbonyl (C=O) groups excluding carboxylic acids is 1. The molecule has 27 heavy (non-hydrogen) atoms. The fourth-order valence-corrected chi connectivity index (χ4v) is 3.13. The third-order valence-corrected chi connectivity index (χ3v) is 4.63. The summed E-state index contributed by atoms with van der Waals surface area (Å²) in [5.41, 5.74) is 3.52. The lowest BCUT2D eigenvalue weighted by Gasteiger charge is -2.24. The maximum Gasteiger partial charge on any atom is 0.236 e. The van der Waals surface area contributed by atoms with Crippen molar-refractivity contribution in [3.8, 4) is 0 Å². The Hall–Kier alpha value is -2.91. The molecule has 0 spiro atoms. The lowest BCUT2D eigenvalue weighted by Crippen LogP contribution is -2.44. The first kappa shape index (κ1) is 18.9. The summed E-state index contributed by atoms with van der Waals surface area (Å²) in [7, 11) is 0. The van der Waals surface area contributed by atoms with Gasteiger partial charge in [-0.15, -0.1) is 0 Å². The third-order valence-electron chi connectivity index (χ3n) is 4.63. The Morgan fingerprint density at radius 1 is 0.778 bits per heavy atom. The van der Waals surface area contributed by atoms with E-state index in [1.54, 1.807) is 0 Å². The van der Waals surface area contributed by atoms with E-state index in [-0.39, 0.29) is 18.0 Å². The first-order valence-corrected chi connectivity index (χ1v) is 9.41. The van der Waals surface area contributed by atoms with Crippen molar-refractivity contribution < 1.29 is 4.79 Å². The largest absolute Gasteiger partial charge is 0.354 e. The lowest BCUT2D eigenvalue weighted by atomic mass is 9.98. The van der Waals surface area contributed by atoms with Crippen molar-refractivity contribution in [3.05, 3.63) is 108 Å². The molecule has 3 aromatic rings. The number of carbonyl (C=O) groups is 1. The molecule has 0 saturated heterocycles. The number of hydrogen-bond acceptors (Lipinski definition) is 2. The van der Waals surface area contributed by atoms with Gasteiger partial charge in [0, 0.05) is 6.54 Å². The highest BCUT2D eigenvalue weighted by Gasteiger charge is 2.20. The SMILES string of the molecule is C[C@@H](NC(c1ccccc1)c1ccccc1)C(=O)NCCc1ccccc1. The maximum absolute atomic E-state index is 12.6. The number of rotatable bonds is 8. The topological polar surface area (TPSA) is 41.1 Å². The predicted octanol–water partition coefficient (Wildman–Crippen LogP) is 4.11. The Labute approximate surface area is 161 Å². The van der Waals surface area contributed by atoms with Crippen LogP contribution in [0, 0.1) is 0 Å². The summed E-state index contributed by atoms with van der Waals surface area (Å²) in [5.74, 6) is 0.0165. The highest BCUT2D eigenvalue weighted by atomic mass is 16.2. The molecule has 0 aliphatic rings. The highest BCUT2D eigenvalue weighted by Crippen LogP contribution is 2.22. The summed E-state index contributed by atoms with van der Waals surface area (Å²) in [6, 6.07) is 30.3. The highest BCUT2D eigenvalue weighted by molar-refractivity contribution is 5.81. The van der Waals surface area contributed by atoms with Gasteiger partial charge in [0.15, 0.2) is 0 Å². The lowest BCUT2D eigenvalue weighted by molar-refractivity contribution is -0.122. The van der Waals surface area contributed by atoms with Crippen molar-refractivity contribution in [2.45, 2.75) is 25.4 Å². The molecule has 1 amide bonds. The van der Waals surface area contributed by atoms with Gasteiger partial charge in [-0.05, 0) is 30.0 Å². The Balaban J connectivity index is 1.62. The fraction of sp³-hybridized carbons (Fsp3) is 0.208. The van der Waals surface area contributed by atoms with Crippen LogP contribution in [0.5, 0.6) is 0 Å². The molecule has 3 aromatic carbocycles. The van der Waals surface area contributed by atoms with E-state index in [4.69, 9.17) is 0 Å². The van der Waals surface area contributed by atoms with Crippen molar-refractivity contribution in [2.24, 2.45) is 0 Å². The molecule has 3 nitrogen and oxygen atoms in total. The van der Waals surface area contributed by atoms with Crippen molar-refractivity contribution in [3.63, 3.8) is 0 Å². The van der Waals surface area contributed by atoms with Gasteiger partial charge in [-0.25, -0.2) is 0 Å². The average Bonchev–Trinajstić information content (AvgIpc) is 2.74. The Morgan fingerprint density at radius 3 is 1.78 bits per heavy atom. The molecule has 138 valence electrons. The van der Waals surface area contributed by atoms with Gasteiger partial charge in [-0.1, -0.05) is 91.0 Å². The molecule has 1 atom stereocenters. The molecule has 0 unspecified atom stereocenters. The van der Waals surface area contributed by atoms with E-state index in [0.29, 0.717) is 6.54 Å². The molecular formula is C24H26N2O. The molecule has 0 aliphatic heterocycles. The van der Waals surface area contributed by atoms with Gasteiger partial charge in [-0.2, -0.15) is 0 Å². The molecule has 0 heterocycles. The zero-order valence-corrected chi connectivity index (χ0v) is 15.6. The molecule has 0 aromatic heterocycles. The second kappa shape index (κ2) is 9.70. The van der Waals surface area contributed by atoms with Crippen LogP contribution in [0.15, 0.2) is 91.0 Å². The maximum atomic E-state index is 12.6. The minimum absolute atomic E-state index is 0.0165. The standard InChI is InChI=1S/C24H26N2O/c1-19(24(27)25-18-17-20-11-5-2-6-12-20)26-23(21-13-7-3-8-14-21)22-15-9-4-10-16-22/h2-16,19,23,26H,17-18H2,1H3,(H,25,27)/t19-/m1/s1. The number of hydrogen-bond donors (Lipinski definition) is 2. The number of amides is 1. The third kappa shape index (κ3) is 5.53. The number of benzene rings is 3. The van der Waals surface area contributed by atoms with Gasteiger partial charge in [-0.3, -0.25) is 10.1 Å². The van der Waals surface area contributed by atoms with E-state index in [1.807, 2.05) is 61.5 Å². The summed E-state index contributed by atoms with van der Waals surface area (Å²) >= 11 is 0. The zero-order chi connectivity index (χ0) is 18.9. The molecule has 0 aliphatic carbocycles. The summed E-state index contributed by atoms with van der Waals surface area (Å²) < 4.78 is 0. The monoisotopic (exact) mass is 358 g/mol. The zero-order valence-electron chi connectivity index (χ0n) is 15.6. The van der Waals surface area contributed by atoms with E-state index >= 15 is 0 Å². The first-order chi connectivity index (χ1) is 13.2. The van der Waals surface area contributed by atoms with Gasteiger partial charge >= 0.3 is 0 Å². The minimum Gasteiger partial charge on any atom is -0.354 e. The molecule has 0 fully saturated rings. The van der Waals surface area contributed by atoms with Crippen LogP contribution in [0.25, 0.3) is 0 Å². The first-order valence-electron chi connectivity index (χ1n) is 9.41.